The van der Waals surface area contributed by atoms with Crippen LogP contribution in [0.3, 0.4) is 0 Å². The van der Waals surface area contributed by atoms with Gasteiger partial charge in [-0.1, -0.05) is 0 Å². The zero-order chi connectivity index (χ0) is 10.0. The maximum atomic E-state index is 11.2. The normalized spacial score (nSPS) is 14.6. The molecular weight excluding hydrogens is 192 g/mol. The van der Waals surface area contributed by atoms with E-state index in [2.05, 4.69) is 4.74 Å². The van der Waals surface area contributed by atoms with Crippen LogP contribution in [0, 0.1) is 0 Å². The lowest BCUT2D eigenvalue weighted by Gasteiger charge is -2.00. The third-order valence-corrected chi connectivity index (χ3v) is 2.24. The molecule has 0 saturated carbocycles. The molecule has 1 aliphatic rings. The molecule has 0 radical (unpaired) electrons. The Hall–Kier alpha value is -1.79. The molecule has 0 spiro atoms. The summed E-state index contributed by atoms with van der Waals surface area (Å²) in [5.74, 6) is -1.14. The Bertz CT molecular complexity index is 537. The molecule has 3 rings (SSSR count). The Balaban J connectivity index is 2.46. The molecule has 2 aromatic rings. The Kier molecular flexibility index (Phi) is 1.08. The SMILES string of the molecule is O=C1Oc2c(O)c3oc2c1c3C(O)O. The lowest BCUT2D eigenvalue weighted by molar-refractivity contribution is -0.0420. The first-order valence-corrected chi connectivity index (χ1v) is 3.80. The third kappa shape index (κ3) is 0.593. The van der Waals surface area contributed by atoms with Gasteiger partial charge in [0.1, 0.15) is 5.56 Å². The van der Waals surface area contributed by atoms with Gasteiger partial charge in [-0.25, -0.2) is 4.79 Å². The van der Waals surface area contributed by atoms with E-state index in [-0.39, 0.29) is 33.8 Å². The molecule has 6 nitrogen and oxygen atoms in total. The fourth-order valence-corrected chi connectivity index (χ4v) is 1.68. The van der Waals surface area contributed by atoms with E-state index in [0.717, 1.165) is 0 Å². The number of benzene rings is 1. The molecule has 14 heavy (non-hydrogen) atoms. The highest BCUT2D eigenvalue weighted by molar-refractivity contribution is 6.12. The molecule has 3 N–H and O–H groups in total. The van der Waals surface area contributed by atoms with Crippen molar-refractivity contribution in [2.45, 2.75) is 6.29 Å². The first-order chi connectivity index (χ1) is 6.61. The van der Waals surface area contributed by atoms with Gasteiger partial charge in [0.15, 0.2) is 17.5 Å². The summed E-state index contributed by atoms with van der Waals surface area (Å²) >= 11 is 0. The number of carbonyl (C=O) groups is 1. The molecule has 6 heteroatoms. The number of hydrogen-bond acceptors (Lipinski definition) is 6. The molecular formula is C8H4O6. The molecule has 2 aromatic heterocycles. The predicted molar refractivity (Wildman–Crippen MR) is 41.2 cm³/mol. The summed E-state index contributed by atoms with van der Waals surface area (Å²) in [5, 5.41) is 27.3. The van der Waals surface area contributed by atoms with Crippen LogP contribution in [0.15, 0.2) is 4.42 Å². The van der Waals surface area contributed by atoms with Gasteiger partial charge in [-0.2, -0.15) is 0 Å². The third-order valence-electron chi connectivity index (χ3n) is 2.24. The van der Waals surface area contributed by atoms with E-state index in [4.69, 9.17) is 14.6 Å². The van der Waals surface area contributed by atoms with E-state index < -0.39 is 12.3 Å². The maximum Gasteiger partial charge on any atom is 0.348 e. The average Bonchev–Trinajstić information content (AvgIpc) is 2.67. The maximum absolute atomic E-state index is 11.2. The molecule has 0 atom stereocenters. The second kappa shape index (κ2) is 1.99. The summed E-state index contributed by atoms with van der Waals surface area (Å²) < 4.78 is 9.64. The lowest BCUT2D eigenvalue weighted by Crippen LogP contribution is -2.05. The highest BCUT2D eigenvalue weighted by Crippen LogP contribution is 2.52. The standard InChI is InChI=1S/C8H4O6/c9-3-4-1(7(10)11)2-5(13-4)6(3)14-8(2)12/h7,9-11H. The Morgan fingerprint density at radius 3 is 2.57 bits per heavy atom. The second-order valence-corrected chi connectivity index (χ2v) is 2.99. The van der Waals surface area contributed by atoms with Crippen molar-refractivity contribution in [3.63, 3.8) is 0 Å². The van der Waals surface area contributed by atoms with Crippen LogP contribution in [-0.2, 0) is 0 Å². The summed E-state index contributed by atoms with van der Waals surface area (Å²) in [6.07, 6.45) is -1.87. The molecule has 0 fully saturated rings. The van der Waals surface area contributed by atoms with Crippen LogP contribution >= 0.6 is 0 Å². The number of carbonyl (C=O) groups excluding carboxylic acids is 1. The van der Waals surface area contributed by atoms with Crippen molar-refractivity contribution < 1.29 is 29.3 Å². The van der Waals surface area contributed by atoms with Crippen LogP contribution < -0.4 is 4.74 Å². The number of phenolic OH excluding ortho intramolecular Hbond substituents is 1. The summed E-state index contributed by atoms with van der Waals surface area (Å²) in [5.41, 5.74) is -0.178. The number of phenols is 1. The van der Waals surface area contributed by atoms with E-state index in [9.17, 15) is 9.90 Å². The van der Waals surface area contributed by atoms with Gasteiger partial charge in [0, 0.05) is 0 Å². The van der Waals surface area contributed by atoms with Gasteiger partial charge in [-0.15, -0.1) is 0 Å². The molecule has 0 amide bonds. The number of rotatable bonds is 1. The van der Waals surface area contributed by atoms with Crippen molar-refractivity contribution in [1.82, 2.24) is 0 Å². The molecule has 0 aliphatic carbocycles. The molecule has 1 aliphatic heterocycles. The number of aliphatic hydroxyl groups is 2. The Morgan fingerprint density at radius 2 is 1.93 bits per heavy atom. The topological polar surface area (TPSA) is 100 Å². The zero-order valence-corrected chi connectivity index (χ0v) is 6.64. The van der Waals surface area contributed by atoms with Crippen molar-refractivity contribution >= 4 is 17.1 Å². The largest absolute Gasteiger partial charge is 0.502 e. The minimum Gasteiger partial charge on any atom is -0.502 e. The van der Waals surface area contributed by atoms with E-state index in [1.165, 1.54) is 0 Å². The van der Waals surface area contributed by atoms with E-state index in [1.807, 2.05) is 0 Å². The van der Waals surface area contributed by atoms with Gasteiger partial charge in [-0.3, -0.25) is 0 Å². The van der Waals surface area contributed by atoms with Crippen LogP contribution in [-0.4, -0.2) is 21.3 Å². The van der Waals surface area contributed by atoms with E-state index in [0.29, 0.717) is 0 Å². The van der Waals surface area contributed by atoms with Crippen molar-refractivity contribution in [3.05, 3.63) is 11.1 Å². The number of fused-ring (bicyclic) bond motifs is 1. The van der Waals surface area contributed by atoms with Gasteiger partial charge in [0.05, 0.1) is 5.56 Å². The summed E-state index contributed by atoms with van der Waals surface area (Å²) in [6, 6.07) is 0. The van der Waals surface area contributed by atoms with E-state index in [1.54, 1.807) is 0 Å². The fraction of sp³-hybridized carbons (Fsp3) is 0.125. The van der Waals surface area contributed by atoms with Gasteiger partial charge in [0.25, 0.3) is 0 Å². The van der Waals surface area contributed by atoms with Crippen molar-refractivity contribution in [1.29, 1.82) is 0 Å². The number of furan rings is 2. The first-order valence-electron chi connectivity index (χ1n) is 3.80. The molecule has 0 unspecified atom stereocenters. The zero-order valence-electron chi connectivity index (χ0n) is 6.64. The molecule has 0 aromatic carbocycles. The number of esters is 1. The minimum atomic E-state index is -1.87. The first kappa shape index (κ1) is 7.60. The van der Waals surface area contributed by atoms with Crippen molar-refractivity contribution in [3.8, 4) is 11.5 Å². The fourth-order valence-electron chi connectivity index (χ4n) is 1.68. The highest BCUT2D eigenvalue weighted by atomic mass is 16.6. The molecule has 0 saturated heterocycles. The van der Waals surface area contributed by atoms with Gasteiger partial charge >= 0.3 is 5.97 Å². The van der Waals surface area contributed by atoms with Crippen LogP contribution in [0.2, 0.25) is 0 Å². The number of aromatic hydroxyl groups is 1. The smallest absolute Gasteiger partial charge is 0.348 e. The quantitative estimate of drug-likeness (QED) is 0.441. The summed E-state index contributed by atoms with van der Waals surface area (Å²) in [7, 11) is 0. The number of aliphatic hydroxyl groups excluding tert-OH is 1. The van der Waals surface area contributed by atoms with Gasteiger partial charge < -0.3 is 24.5 Å². The number of ether oxygens (including phenoxy) is 1. The van der Waals surface area contributed by atoms with Crippen molar-refractivity contribution in [2.75, 3.05) is 0 Å². The monoisotopic (exact) mass is 196 g/mol. The second-order valence-electron chi connectivity index (χ2n) is 2.99. The molecule has 72 valence electrons. The average molecular weight is 196 g/mol. The van der Waals surface area contributed by atoms with Crippen LogP contribution in [0.25, 0.3) is 11.2 Å². The van der Waals surface area contributed by atoms with Crippen molar-refractivity contribution in [2.24, 2.45) is 0 Å². The minimum absolute atomic E-state index is 0.0113. The number of hydrogen-bond donors (Lipinski definition) is 3. The molecule has 3 heterocycles. The van der Waals surface area contributed by atoms with Crippen LogP contribution in [0.5, 0.6) is 11.5 Å². The summed E-state index contributed by atoms with van der Waals surface area (Å²) in [4.78, 5) is 11.2. The van der Waals surface area contributed by atoms with Crippen LogP contribution in [0.1, 0.15) is 22.2 Å². The van der Waals surface area contributed by atoms with E-state index >= 15 is 0 Å². The Labute approximate surface area is 76.3 Å². The predicted octanol–water partition coefficient (Wildman–Crippen LogP) is 0.0920. The highest BCUT2D eigenvalue weighted by Gasteiger charge is 2.41. The lowest BCUT2D eigenvalue weighted by atomic mass is 10.1. The molecule has 2 bridgehead atoms. The van der Waals surface area contributed by atoms with Gasteiger partial charge in [0.2, 0.25) is 11.5 Å². The summed E-state index contributed by atoms with van der Waals surface area (Å²) in [6.45, 7) is 0. The van der Waals surface area contributed by atoms with Crippen LogP contribution in [0.4, 0.5) is 0 Å². The Morgan fingerprint density at radius 1 is 1.21 bits per heavy atom. The van der Waals surface area contributed by atoms with Gasteiger partial charge in [-0.05, 0) is 0 Å².